The quantitative estimate of drug-likeness (QED) is 0.142. The van der Waals surface area contributed by atoms with Gasteiger partial charge in [-0.1, -0.05) is 116 Å². The number of fused-ring (bicyclic) bond motifs is 2. The van der Waals surface area contributed by atoms with Crippen molar-refractivity contribution < 1.29 is 8.83 Å². The monoisotopic (exact) mass is 876 g/mol. The first-order valence-electron chi connectivity index (χ1n) is 24.0. The van der Waals surface area contributed by atoms with Gasteiger partial charge < -0.3 is 8.83 Å². The Morgan fingerprint density at radius 2 is 0.773 bits per heavy atom. The van der Waals surface area contributed by atoms with Crippen LogP contribution >= 0.6 is 0 Å². The summed E-state index contributed by atoms with van der Waals surface area (Å²) in [7, 11) is -2.39. The van der Waals surface area contributed by atoms with Gasteiger partial charge in [0.2, 0.25) is 0 Å². The second kappa shape index (κ2) is 15.9. The summed E-state index contributed by atoms with van der Waals surface area (Å²) in [5.74, 6) is 3.95. The minimum atomic E-state index is -2.39. The van der Waals surface area contributed by atoms with Gasteiger partial charge in [-0.2, -0.15) is 0 Å². The van der Waals surface area contributed by atoms with E-state index in [-0.39, 0.29) is 11.1 Å². The number of benzene rings is 6. The van der Waals surface area contributed by atoms with Crippen molar-refractivity contribution in [2.45, 2.75) is 98.8 Å². The zero-order valence-electron chi connectivity index (χ0n) is 40.3. The molecule has 1 fully saturated rings. The fourth-order valence-electron chi connectivity index (χ4n) is 12.8. The smallest absolute Gasteiger partial charge is 0.130 e. The maximum absolute atomic E-state index is 6.75. The Labute approximate surface area is 392 Å². The van der Waals surface area contributed by atoms with Crippen molar-refractivity contribution in [2.75, 3.05) is 0 Å². The Bertz CT molecular complexity index is 3060. The topological polar surface area (TPSA) is 26.3 Å². The highest BCUT2D eigenvalue weighted by molar-refractivity contribution is 6.88. The molecule has 2 aromatic heterocycles. The van der Waals surface area contributed by atoms with Crippen molar-refractivity contribution in [3.63, 3.8) is 0 Å². The van der Waals surface area contributed by atoms with Crippen LogP contribution in [0.1, 0.15) is 107 Å². The van der Waals surface area contributed by atoms with Crippen LogP contribution in [0, 0.1) is 69.2 Å². The van der Waals surface area contributed by atoms with Crippen molar-refractivity contribution in [1.82, 2.24) is 0 Å². The Kier molecular flexibility index (Phi) is 10.2. The van der Waals surface area contributed by atoms with Crippen LogP contribution in [-0.2, 0) is 0 Å². The predicted molar refractivity (Wildman–Crippen MR) is 281 cm³/mol. The van der Waals surface area contributed by atoms with Gasteiger partial charge in [0.1, 0.15) is 23.0 Å². The van der Waals surface area contributed by atoms with E-state index < -0.39 is 8.07 Å². The van der Waals surface area contributed by atoms with Gasteiger partial charge in [-0.25, -0.2) is 0 Å². The van der Waals surface area contributed by atoms with Crippen LogP contribution in [0.2, 0.25) is 12.1 Å². The van der Waals surface area contributed by atoms with Gasteiger partial charge in [0, 0.05) is 22.2 Å². The molecule has 6 aromatic carbocycles. The number of aryl methyl sites for hydroxylation is 8. The summed E-state index contributed by atoms with van der Waals surface area (Å²) in [5, 5.41) is 0. The first-order valence-corrected chi connectivity index (χ1v) is 26.6. The van der Waals surface area contributed by atoms with E-state index in [4.69, 9.17) is 8.83 Å². The number of hydrogen-bond donors (Lipinski definition) is 0. The zero-order valence-corrected chi connectivity index (χ0v) is 41.3. The lowest BCUT2D eigenvalue weighted by atomic mass is 9.86. The van der Waals surface area contributed by atoms with Crippen LogP contribution in [0.3, 0.4) is 0 Å². The molecule has 3 aliphatic rings. The number of allylic oxidation sites excluding steroid dienone is 2. The van der Waals surface area contributed by atoms with E-state index in [2.05, 4.69) is 203 Å². The maximum Gasteiger partial charge on any atom is 0.130 e. The minimum Gasteiger partial charge on any atom is -0.462 e. The van der Waals surface area contributed by atoms with Gasteiger partial charge in [-0.15, -0.1) is 0 Å². The molecule has 11 rings (SSSR count). The van der Waals surface area contributed by atoms with Crippen molar-refractivity contribution in [3.05, 3.63) is 211 Å². The second-order valence-electron chi connectivity index (χ2n) is 20.1. The van der Waals surface area contributed by atoms with Gasteiger partial charge in [-0.05, 0) is 217 Å². The summed E-state index contributed by atoms with van der Waals surface area (Å²) >= 11 is 0. The third-order valence-electron chi connectivity index (χ3n) is 15.9. The van der Waals surface area contributed by atoms with Gasteiger partial charge in [0.25, 0.3) is 0 Å². The molecule has 3 heteroatoms. The molecule has 8 aromatic rings. The van der Waals surface area contributed by atoms with Crippen LogP contribution in [0.15, 0.2) is 130 Å². The van der Waals surface area contributed by atoms with Gasteiger partial charge >= 0.3 is 0 Å². The Morgan fingerprint density at radius 1 is 0.394 bits per heavy atom. The molecular weight excluding hydrogens is 817 g/mol. The Hall–Kier alpha value is -6.42. The summed E-state index contributed by atoms with van der Waals surface area (Å²) in [6.45, 7) is 22.7. The molecule has 0 amide bonds. The Balaban J connectivity index is 1.14. The highest BCUT2D eigenvalue weighted by atomic mass is 28.3. The van der Waals surface area contributed by atoms with E-state index in [0.717, 1.165) is 23.0 Å². The van der Waals surface area contributed by atoms with Crippen LogP contribution in [0.4, 0.5) is 0 Å². The van der Waals surface area contributed by atoms with E-state index in [9.17, 15) is 0 Å². The molecule has 0 saturated carbocycles. The van der Waals surface area contributed by atoms with Crippen LogP contribution in [0.25, 0.3) is 67.8 Å². The molecule has 1 saturated heterocycles. The predicted octanol–water partition coefficient (Wildman–Crippen LogP) is 17.5. The number of furan rings is 2. The zero-order chi connectivity index (χ0) is 45.8. The molecule has 328 valence electrons. The third-order valence-corrected chi connectivity index (χ3v) is 22.0. The fourth-order valence-corrected chi connectivity index (χ4v) is 18.8. The summed E-state index contributed by atoms with van der Waals surface area (Å²) in [5.41, 5.74) is 30.1. The molecule has 0 spiro atoms. The fraction of sp³-hybridized carbons (Fsp3) is 0.238. The summed E-state index contributed by atoms with van der Waals surface area (Å²) in [6, 6.07) is 48.0. The van der Waals surface area contributed by atoms with E-state index in [1.165, 1.54) is 141 Å². The summed E-state index contributed by atoms with van der Waals surface area (Å²) in [6.07, 6.45) is 6.36. The number of hydrogen-bond acceptors (Lipinski definition) is 2. The SMILES string of the molecule is Cc1ccc(C2=Cc3c(cc(C)c(C)c3-c3cc(C)c(-c4ccccc4)c(C)c3)C2[Si]2(C3C(c4ccc(C)o4)=Cc4c3cc(C)c(C)c4-c3cc(C)c(-c4ccccc4)c(C)c3)CCC2)o1. The highest BCUT2D eigenvalue weighted by Gasteiger charge is 2.59. The third kappa shape index (κ3) is 6.56. The van der Waals surface area contributed by atoms with Gasteiger partial charge in [-0.3, -0.25) is 0 Å². The molecule has 2 nitrogen and oxygen atoms in total. The average Bonchev–Trinajstić information content (AvgIpc) is 4.08. The molecular formula is C63H60O2Si. The van der Waals surface area contributed by atoms with Crippen molar-refractivity contribution >= 4 is 31.4 Å². The number of rotatable bonds is 8. The van der Waals surface area contributed by atoms with Crippen molar-refractivity contribution in [3.8, 4) is 44.5 Å². The molecule has 66 heavy (non-hydrogen) atoms. The van der Waals surface area contributed by atoms with Crippen LogP contribution in [0.5, 0.6) is 0 Å². The summed E-state index contributed by atoms with van der Waals surface area (Å²) < 4.78 is 13.5. The molecule has 2 aliphatic carbocycles. The Morgan fingerprint density at radius 3 is 1.09 bits per heavy atom. The average molecular weight is 877 g/mol. The lowest BCUT2D eigenvalue weighted by molar-refractivity contribution is 0.518. The van der Waals surface area contributed by atoms with Crippen molar-refractivity contribution in [1.29, 1.82) is 0 Å². The second-order valence-corrected chi connectivity index (χ2v) is 24.7. The minimum absolute atomic E-state index is 0.241. The first kappa shape index (κ1) is 42.2. The van der Waals surface area contributed by atoms with E-state index in [1.54, 1.807) is 0 Å². The van der Waals surface area contributed by atoms with Crippen molar-refractivity contribution in [2.24, 2.45) is 0 Å². The van der Waals surface area contributed by atoms with E-state index in [1.807, 2.05) is 0 Å². The molecule has 0 bridgehead atoms. The van der Waals surface area contributed by atoms with Crippen LogP contribution in [-0.4, -0.2) is 8.07 Å². The molecule has 2 atom stereocenters. The molecule has 2 unspecified atom stereocenters. The van der Waals surface area contributed by atoms with E-state index >= 15 is 0 Å². The molecule has 1 aliphatic heterocycles. The molecule has 3 heterocycles. The lowest BCUT2D eigenvalue weighted by Gasteiger charge is -2.51. The first-order chi connectivity index (χ1) is 31.8. The van der Waals surface area contributed by atoms with E-state index in [0.29, 0.717) is 0 Å². The maximum atomic E-state index is 6.75. The molecule has 0 radical (unpaired) electrons. The van der Waals surface area contributed by atoms with Gasteiger partial charge in [0.15, 0.2) is 0 Å². The summed E-state index contributed by atoms with van der Waals surface area (Å²) in [4.78, 5) is 0. The molecule has 0 N–H and O–H groups in total. The normalized spacial score (nSPS) is 17.1. The lowest BCUT2D eigenvalue weighted by Crippen LogP contribution is -2.53. The highest BCUT2D eigenvalue weighted by Crippen LogP contribution is 2.65. The standard InChI is InChI=1S/C63H60O2Si/c1-36-32-52-50(60(44(36)9)48-28-38(3)58(39(4)29-48)46-18-13-11-14-19-46)34-54(56-24-22-42(7)64-56)62(52)66(26-17-27-66)63-53-33-37(2)45(10)61(51(53)35-55(63)57-25-23-43(8)65-57)49-30-40(5)59(41(6)31-49)47-20-15-12-16-21-47/h11-16,18-25,28-35,62-63H,17,26-27H2,1-10H3. The van der Waals surface area contributed by atoms with Crippen LogP contribution < -0.4 is 0 Å². The largest absolute Gasteiger partial charge is 0.462 e. The van der Waals surface area contributed by atoms with Gasteiger partial charge in [0.05, 0.1) is 8.07 Å².